The van der Waals surface area contributed by atoms with E-state index in [1.54, 1.807) is 11.8 Å². The Balaban J connectivity index is 1.47. The van der Waals surface area contributed by atoms with Gasteiger partial charge in [0.2, 0.25) is 5.88 Å². The maximum Gasteiger partial charge on any atom is 0.410 e. The zero-order valence-corrected chi connectivity index (χ0v) is 18.7. The summed E-state index contributed by atoms with van der Waals surface area (Å²) >= 11 is 0. The predicted octanol–water partition coefficient (Wildman–Crippen LogP) is 4.37. The van der Waals surface area contributed by atoms with Crippen LogP contribution in [0.15, 0.2) is 24.5 Å². The summed E-state index contributed by atoms with van der Waals surface area (Å²) in [6, 6.07) is 3.93. The summed E-state index contributed by atoms with van der Waals surface area (Å²) in [7, 11) is 0. The highest BCUT2D eigenvalue weighted by Gasteiger charge is 2.43. The minimum absolute atomic E-state index is 0.136. The van der Waals surface area contributed by atoms with E-state index >= 15 is 0 Å². The first-order valence-corrected chi connectivity index (χ1v) is 10.8. The standard InChI is InChI=1S/C23H26FN5O4/c1-13(2)32-23(30)29-16-8-18(9-17(29)11-31-10-16)33-22-14(3)21(26-12-27-22)28-20-6-5-15(25-4)7-19(20)24/h5-7,12-13,16-18H,8-11H2,1-3H3,(H,26,27,28). The smallest absolute Gasteiger partial charge is 0.410 e. The highest BCUT2D eigenvalue weighted by molar-refractivity contribution is 5.69. The van der Waals surface area contributed by atoms with Crippen LogP contribution < -0.4 is 10.1 Å². The first kappa shape index (κ1) is 22.7. The van der Waals surface area contributed by atoms with Crippen LogP contribution in [0.5, 0.6) is 5.88 Å². The van der Waals surface area contributed by atoms with Crippen LogP contribution in [0.25, 0.3) is 4.85 Å². The third-order valence-corrected chi connectivity index (χ3v) is 5.68. The maximum atomic E-state index is 14.3. The zero-order chi connectivity index (χ0) is 23.5. The number of rotatable bonds is 5. The predicted molar refractivity (Wildman–Crippen MR) is 118 cm³/mol. The second-order valence-corrected chi connectivity index (χ2v) is 8.45. The minimum atomic E-state index is -0.544. The normalized spacial score (nSPS) is 21.9. The number of fused-ring (bicyclic) bond motifs is 2. The molecule has 2 fully saturated rings. The first-order valence-electron chi connectivity index (χ1n) is 10.8. The van der Waals surface area contributed by atoms with Crippen molar-refractivity contribution in [3.8, 4) is 5.88 Å². The van der Waals surface area contributed by atoms with E-state index < -0.39 is 5.82 Å². The van der Waals surface area contributed by atoms with Crippen molar-refractivity contribution < 1.29 is 23.4 Å². The zero-order valence-electron chi connectivity index (χ0n) is 18.7. The third kappa shape index (κ3) is 4.98. The van der Waals surface area contributed by atoms with E-state index in [4.69, 9.17) is 20.8 Å². The molecule has 174 valence electrons. The molecule has 3 heterocycles. The molecular formula is C23H26FN5O4. The molecule has 2 aliphatic rings. The van der Waals surface area contributed by atoms with Gasteiger partial charge in [-0.1, -0.05) is 6.07 Å². The number of anilines is 2. The first-order chi connectivity index (χ1) is 15.9. The lowest BCUT2D eigenvalue weighted by molar-refractivity contribution is -0.0934. The molecule has 2 atom stereocenters. The van der Waals surface area contributed by atoms with Crippen LogP contribution in [0.1, 0.15) is 32.3 Å². The Morgan fingerprint density at radius 3 is 2.67 bits per heavy atom. The molecule has 4 rings (SSSR count). The van der Waals surface area contributed by atoms with Gasteiger partial charge in [-0.3, -0.25) is 4.90 Å². The van der Waals surface area contributed by atoms with Gasteiger partial charge in [-0.25, -0.2) is 24.0 Å². The van der Waals surface area contributed by atoms with Crippen molar-refractivity contribution in [2.24, 2.45) is 0 Å². The van der Waals surface area contributed by atoms with Crippen LogP contribution in [0.2, 0.25) is 0 Å². The Hall–Kier alpha value is -3.45. The molecule has 2 bridgehead atoms. The number of nitrogens with one attached hydrogen (secondary N) is 1. The Kier molecular flexibility index (Phi) is 6.60. The number of halogens is 1. The number of piperidine rings is 1. The molecular weight excluding hydrogens is 429 g/mol. The third-order valence-electron chi connectivity index (χ3n) is 5.68. The fraction of sp³-hybridized carbons (Fsp3) is 0.478. The van der Waals surface area contributed by atoms with Crippen molar-refractivity contribution in [2.45, 2.75) is 57.9 Å². The number of hydrogen-bond acceptors (Lipinski definition) is 7. The van der Waals surface area contributed by atoms with Gasteiger partial charge in [0.1, 0.15) is 24.1 Å². The van der Waals surface area contributed by atoms with E-state index in [0.29, 0.717) is 43.3 Å². The van der Waals surface area contributed by atoms with Crippen molar-refractivity contribution in [3.05, 3.63) is 47.3 Å². The van der Waals surface area contributed by atoms with Gasteiger partial charge in [-0.05, 0) is 32.9 Å². The van der Waals surface area contributed by atoms with E-state index in [2.05, 4.69) is 20.1 Å². The van der Waals surface area contributed by atoms with Gasteiger partial charge in [0.25, 0.3) is 0 Å². The second-order valence-electron chi connectivity index (χ2n) is 8.45. The topological polar surface area (TPSA) is 90.2 Å². The fourth-order valence-electron chi connectivity index (χ4n) is 4.16. The van der Waals surface area contributed by atoms with Crippen molar-refractivity contribution in [3.63, 3.8) is 0 Å². The summed E-state index contributed by atoms with van der Waals surface area (Å²) in [5, 5.41) is 2.95. The molecule has 0 radical (unpaired) electrons. The molecule has 2 saturated heterocycles. The Morgan fingerprint density at radius 2 is 2.03 bits per heavy atom. The lowest BCUT2D eigenvalue weighted by Gasteiger charge is -2.47. The SMILES string of the molecule is [C-]#[N+]c1ccc(Nc2ncnc(OC3CC4COCC(C3)N4C(=O)OC(C)C)c2C)c(F)c1. The van der Waals surface area contributed by atoms with Gasteiger partial charge in [0.05, 0.1) is 49.2 Å². The molecule has 10 heteroatoms. The molecule has 1 N–H and O–H groups in total. The number of aromatic nitrogens is 2. The maximum absolute atomic E-state index is 14.3. The number of ether oxygens (including phenoxy) is 3. The molecule has 1 amide bonds. The van der Waals surface area contributed by atoms with Crippen LogP contribution in [-0.4, -0.2) is 58.5 Å². The molecule has 2 aliphatic heterocycles. The van der Waals surface area contributed by atoms with Crippen LogP contribution in [0.4, 0.5) is 26.4 Å². The number of carbonyl (C=O) groups is 1. The summed E-state index contributed by atoms with van der Waals surface area (Å²) < 4.78 is 31.6. The van der Waals surface area contributed by atoms with Crippen molar-refractivity contribution in [2.75, 3.05) is 18.5 Å². The van der Waals surface area contributed by atoms with Crippen molar-refractivity contribution >= 4 is 23.3 Å². The van der Waals surface area contributed by atoms with Gasteiger partial charge in [0.15, 0.2) is 5.69 Å². The molecule has 33 heavy (non-hydrogen) atoms. The minimum Gasteiger partial charge on any atom is -0.474 e. The number of carbonyl (C=O) groups excluding carboxylic acids is 1. The van der Waals surface area contributed by atoms with Gasteiger partial charge < -0.3 is 19.5 Å². The highest BCUT2D eigenvalue weighted by atomic mass is 19.1. The van der Waals surface area contributed by atoms with Crippen molar-refractivity contribution in [1.29, 1.82) is 0 Å². The van der Waals surface area contributed by atoms with Gasteiger partial charge in [-0.2, -0.15) is 0 Å². The fourth-order valence-corrected chi connectivity index (χ4v) is 4.16. The van der Waals surface area contributed by atoms with E-state index in [-0.39, 0.29) is 41.8 Å². The Bertz CT molecular complexity index is 1060. The monoisotopic (exact) mass is 455 g/mol. The molecule has 0 spiro atoms. The van der Waals surface area contributed by atoms with Gasteiger partial charge >= 0.3 is 6.09 Å². The largest absolute Gasteiger partial charge is 0.474 e. The summed E-state index contributed by atoms with van der Waals surface area (Å²) in [5.41, 5.74) is 1.06. The average Bonchev–Trinajstić information content (AvgIpc) is 2.76. The summed E-state index contributed by atoms with van der Waals surface area (Å²) in [6.45, 7) is 13.3. The average molecular weight is 455 g/mol. The quantitative estimate of drug-likeness (QED) is 0.670. The van der Waals surface area contributed by atoms with E-state index in [1.165, 1.54) is 24.5 Å². The number of nitrogens with zero attached hydrogens (tertiary/aromatic N) is 4. The molecule has 0 saturated carbocycles. The Labute approximate surface area is 191 Å². The lowest BCUT2D eigenvalue weighted by atomic mass is 9.92. The number of amides is 1. The summed E-state index contributed by atoms with van der Waals surface area (Å²) in [5.74, 6) is 0.265. The van der Waals surface area contributed by atoms with E-state index in [9.17, 15) is 9.18 Å². The second kappa shape index (κ2) is 9.58. The molecule has 0 aliphatic carbocycles. The number of benzene rings is 1. The molecule has 2 unspecified atom stereocenters. The highest BCUT2D eigenvalue weighted by Crippen LogP contribution is 2.33. The van der Waals surface area contributed by atoms with Crippen LogP contribution in [0, 0.1) is 19.3 Å². The molecule has 2 aromatic rings. The lowest BCUT2D eigenvalue weighted by Crippen LogP contribution is -2.61. The van der Waals surface area contributed by atoms with Crippen LogP contribution in [0.3, 0.4) is 0 Å². The number of morpholine rings is 1. The van der Waals surface area contributed by atoms with Crippen LogP contribution >= 0.6 is 0 Å². The summed E-state index contributed by atoms with van der Waals surface area (Å²) in [4.78, 5) is 26.0. The van der Waals surface area contributed by atoms with Gasteiger partial charge in [-0.15, -0.1) is 0 Å². The van der Waals surface area contributed by atoms with E-state index in [1.807, 2.05) is 13.8 Å². The molecule has 1 aromatic heterocycles. The van der Waals surface area contributed by atoms with Crippen molar-refractivity contribution in [1.82, 2.24) is 14.9 Å². The van der Waals surface area contributed by atoms with E-state index in [0.717, 1.165) is 0 Å². The Morgan fingerprint density at radius 1 is 1.30 bits per heavy atom. The van der Waals surface area contributed by atoms with Gasteiger partial charge in [0, 0.05) is 12.8 Å². The summed E-state index contributed by atoms with van der Waals surface area (Å²) in [6.07, 6.45) is 1.85. The number of hydrogen-bond donors (Lipinski definition) is 1. The molecule has 1 aromatic carbocycles. The van der Waals surface area contributed by atoms with Crippen LogP contribution in [-0.2, 0) is 9.47 Å². The molecule has 9 nitrogen and oxygen atoms in total.